The Morgan fingerprint density at radius 2 is 1.62 bits per heavy atom. The van der Waals surface area contributed by atoms with Crippen LogP contribution in [0.4, 0.5) is 5.69 Å². The van der Waals surface area contributed by atoms with Crippen molar-refractivity contribution in [1.82, 2.24) is 0 Å². The number of hydrogen-bond donors (Lipinski definition) is 0. The number of hydrogen-bond acceptors (Lipinski definition) is 1. The molecule has 6 atom stereocenters. The standard InChI is InChI=1S/C18H21Cl2N/c19-11-6-12(20)8-14(7-11)21-13-4-10-5-18(21)16-3-1-2-15(10)17(16)9-13/h6-8,10,13,15-18H,1-5,9H2. The molecular weight excluding hydrogens is 301 g/mol. The fourth-order valence-corrected chi connectivity index (χ4v) is 6.86. The van der Waals surface area contributed by atoms with Gasteiger partial charge in [0, 0.05) is 27.8 Å². The van der Waals surface area contributed by atoms with Crippen LogP contribution in [0, 0.1) is 23.7 Å². The number of rotatable bonds is 1. The molecule has 2 saturated heterocycles. The second kappa shape index (κ2) is 4.55. The monoisotopic (exact) mass is 321 g/mol. The van der Waals surface area contributed by atoms with Crippen LogP contribution in [0.15, 0.2) is 18.2 Å². The van der Waals surface area contributed by atoms with Crippen LogP contribution in [-0.2, 0) is 0 Å². The van der Waals surface area contributed by atoms with E-state index >= 15 is 0 Å². The molecule has 1 aromatic carbocycles. The van der Waals surface area contributed by atoms with E-state index in [1.807, 2.05) is 6.07 Å². The molecule has 3 heteroatoms. The van der Waals surface area contributed by atoms with Crippen LogP contribution in [0.2, 0.25) is 10.0 Å². The van der Waals surface area contributed by atoms with Gasteiger partial charge in [-0.1, -0.05) is 29.6 Å². The van der Waals surface area contributed by atoms with Gasteiger partial charge in [-0.3, -0.25) is 0 Å². The van der Waals surface area contributed by atoms with Crippen LogP contribution in [0.3, 0.4) is 0 Å². The first-order valence-corrected chi connectivity index (χ1v) is 9.21. The van der Waals surface area contributed by atoms with Crippen LogP contribution >= 0.6 is 23.2 Å². The molecule has 6 unspecified atom stereocenters. The molecule has 5 aliphatic rings. The Morgan fingerprint density at radius 1 is 0.857 bits per heavy atom. The third-order valence-corrected chi connectivity index (χ3v) is 7.27. The maximum Gasteiger partial charge on any atom is 0.0441 e. The molecule has 1 aromatic rings. The largest absolute Gasteiger partial charge is 0.365 e. The van der Waals surface area contributed by atoms with Crippen molar-refractivity contribution in [3.05, 3.63) is 28.2 Å². The molecular formula is C18H21Cl2N. The molecule has 0 amide bonds. The zero-order chi connectivity index (χ0) is 14.1. The van der Waals surface area contributed by atoms with Gasteiger partial charge in [-0.05, 0) is 74.0 Å². The summed E-state index contributed by atoms with van der Waals surface area (Å²) in [7, 11) is 0. The van der Waals surface area contributed by atoms with Gasteiger partial charge in [0.15, 0.2) is 0 Å². The Morgan fingerprint density at radius 3 is 2.43 bits per heavy atom. The average molecular weight is 322 g/mol. The van der Waals surface area contributed by atoms with Gasteiger partial charge in [0.2, 0.25) is 0 Å². The lowest BCUT2D eigenvalue weighted by Crippen LogP contribution is -2.66. The molecule has 3 saturated carbocycles. The third-order valence-electron chi connectivity index (χ3n) is 6.83. The number of piperidine rings is 2. The van der Waals surface area contributed by atoms with Gasteiger partial charge in [-0.25, -0.2) is 0 Å². The van der Waals surface area contributed by atoms with Gasteiger partial charge in [-0.2, -0.15) is 0 Å². The first-order chi connectivity index (χ1) is 10.2. The van der Waals surface area contributed by atoms with Crippen molar-refractivity contribution in [2.45, 2.75) is 50.6 Å². The molecule has 2 aliphatic heterocycles. The third kappa shape index (κ3) is 1.83. The Labute approximate surface area is 136 Å². The summed E-state index contributed by atoms with van der Waals surface area (Å²) in [6.07, 6.45) is 8.62. The summed E-state index contributed by atoms with van der Waals surface area (Å²) in [5.74, 6) is 4.00. The summed E-state index contributed by atoms with van der Waals surface area (Å²) >= 11 is 12.5. The number of benzene rings is 1. The zero-order valence-electron chi connectivity index (χ0n) is 12.1. The second-order valence-corrected chi connectivity index (χ2v) is 8.52. The first-order valence-electron chi connectivity index (χ1n) is 8.45. The van der Waals surface area contributed by atoms with E-state index in [2.05, 4.69) is 17.0 Å². The molecule has 0 spiro atoms. The molecule has 1 nitrogen and oxygen atoms in total. The molecule has 0 aromatic heterocycles. The Hall–Kier alpha value is -0.400. The van der Waals surface area contributed by atoms with Crippen LogP contribution in [0.25, 0.3) is 0 Å². The highest BCUT2D eigenvalue weighted by atomic mass is 35.5. The van der Waals surface area contributed by atoms with Crippen molar-refractivity contribution in [2.75, 3.05) is 4.90 Å². The Balaban J connectivity index is 1.57. The van der Waals surface area contributed by atoms with E-state index in [1.165, 1.54) is 44.2 Å². The minimum Gasteiger partial charge on any atom is -0.365 e. The minimum absolute atomic E-state index is 0.735. The van der Waals surface area contributed by atoms with Crippen molar-refractivity contribution < 1.29 is 0 Å². The molecule has 112 valence electrons. The smallest absolute Gasteiger partial charge is 0.0441 e. The van der Waals surface area contributed by atoms with Crippen molar-refractivity contribution in [1.29, 1.82) is 0 Å². The summed E-state index contributed by atoms with van der Waals surface area (Å²) in [5, 5.41) is 1.54. The average Bonchev–Trinajstić information content (AvgIpc) is 2.43. The maximum atomic E-state index is 6.26. The Bertz CT molecular complexity index is 566. The fraction of sp³-hybridized carbons (Fsp3) is 0.667. The molecule has 6 rings (SSSR count). The van der Waals surface area contributed by atoms with E-state index in [0.717, 1.165) is 45.8 Å². The van der Waals surface area contributed by atoms with Gasteiger partial charge >= 0.3 is 0 Å². The summed E-state index contributed by atoms with van der Waals surface area (Å²) < 4.78 is 0. The van der Waals surface area contributed by atoms with Crippen molar-refractivity contribution >= 4 is 28.9 Å². The van der Waals surface area contributed by atoms with Gasteiger partial charge in [0.25, 0.3) is 0 Å². The van der Waals surface area contributed by atoms with Gasteiger partial charge in [-0.15, -0.1) is 0 Å². The molecule has 0 radical (unpaired) electrons. The fourth-order valence-electron chi connectivity index (χ4n) is 6.35. The van der Waals surface area contributed by atoms with Crippen molar-refractivity contribution in [3.63, 3.8) is 0 Å². The Kier molecular flexibility index (Phi) is 2.83. The van der Waals surface area contributed by atoms with Crippen LogP contribution in [-0.4, -0.2) is 12.1 Å². The normalized spacial score (nSPS) is 43.4. The highest BCUT2D eigenvalue weighted by Crippen LogP contribution is 2.60. The molecule has 2 heterocycles. The van der Waals surface area contributed by atoms with E-state index in [0.29, 0.717) is 0 Å². The number of nitrogens with zero attached hydrogens (tertiary/aromatic N) is 1. The molecule has 3 aliphatic carbocycles. The first kappa shape index (κ1) is 13.1. The lowest BCUT2D eigenvalue weighted by atomic mass is 9.49. The van der Waals surface area contributed by atoms with Gasteiger partial charge in [0.1, 0.15) is 0 Å². The van der Waals surface area contributed by atoms with E-state index in [1.54, 1.807) is 0 Å². The van der Waals surface area contributed by atoms with Crippen molar-refractivity contribution in [3.8, 4) is 0 Å². The predicted molar refractivity (Wildman–Crippen MR) is 88.2 cm³/mol. The highest BCUT2D eigenvalue weighted by molar-refractivity contribution is 6.35. The summed E-state index contributed by atoms with van der Waals surface area (Å²) in [6.45, 7) is 0. The number of halogens is 2. The lowest BCUT2D eigenvalue weighted by Gasteiger charge is -2.66. The predicted octanol–water partition coefficient (Wildman–Crippen LogP) is 5.40. The summed E-state index contributed by atoms with van der Waals surface area (Å²) in [5.41, 5.74) is 1.27. The molecule has 0 N–H and O–H groups in total. The van der Waals surface area contributed by atoms with Crippen LogP contribution in [0.5, 0.6) is 0 Å². The van der Waals surface area contributed by atoms with Crippen molar-refractivity contribution in [2.24, 2.45) is 23.7 Å². The molecule has 21 heavy (non-hydrogen) atoms. The maximum absolute atomic E-state index is 6.26. The second-order valence-electron chi connectivity index (χ2n) is 7.65. The van der Waals surface area contributed by atoms with E-state index < -0.39 is 0 Å². The SMILES string of the molecule is Clc1cc(Cl)cc(N2C3CC4CC2C2CCCC4C2C3)c1. The van der Waals surface area contributed by atoms with E-state index in [4.69, 9.17) is 23.2 Å². The molecule has 6 bridgehead atoms. The van der Waals surface area contributed by atoms with Gasteiger partial charge < -0.3 is 4.90 Å². The van der Waals surface area contributed by atoms with E-state index in [9.17, 15) is 0 Å². The summed E-state index contributed by atoms with van der Waals surface area (Å²) in [4.78, 5) is 2.71. The molecule has 5 fully saturated rings. The van der Waals surface area contributed by atoms with Crippen LogP contribution in [0.1, 0.15) is 38.5 Å². The summed E-state index contributed by atoms with van der Waals surface area (Å²) in [6, 6.07) is 7.57. The van der Waals surface area contributed by atoms with E-state index in [-0.39, 0.29) is 0 Å². The lowest BCUT2D eigenvalue weighted by molar-refractivity contribution is -0.0593. The highest BCUT2D eigenvalue weighted by Gasteiger charge is 2.57. The van der Waals surface area contributed by atoms with Crippen LogP contribution < -0.4 is 4.90 Å². The quantitative estimate of drug-likeness (QED) is 0.669. The minimum atomic E-state index is 0.735. The number of anilines is 1. The zero-order valence-corrected chi connectivity index (χ0v) is 13.7. The topological polar surface area (TPSA) is 3.24 Å². The van der Waals surface area contributed by atoms with Gasteiger partial charge in [0.05, 0.1) is 0 Å².